The highest BCUT2D eigenvalue weighted by atomic mass is 35.5. The quantitative estimate of drug-likeness (QED) is 0.675. The minimum atomic E-state index is -0.676. The number of hydrogen-bond donors (Lipinski definition) is 1. The number of allylic oxidation sites excluding steroid dienone is 1. The first kappa shape index (κ1) is 22.2. The van der Waals surface area contributed by atoms with Crippen molar-refractivity contribution in [3.8, 4) is 0 Å². The molecule has 4 amide bonds. The standard InChI is InChI=1S/C21H23ClN4O3S/c1-12(2)9-13-10-23-19-17(20(28)26(4)21(29)25(19)3)18(13)30-11-16(27)24-15-7-5-14(22)6-8-15/h5-8,10,12,17H,9,11H2,1-4H3/p+1. The third-order valence-electron chi connectivity index (χ3n) is 4.80. The summed E-state index contributed by atoms with van der Waals surface area (Å²) >= 11 is 7.20. The first-order chi connectivity index (χ1) is 14.2. The molecule has 0 aliphatic carbocycles. The Labute approximate surface area is 184 Å². The van der Waals surface area contributed by atoms with Gasteiger partial charge >= 0.3 is 11.9 Å². The van der Waals surface area contributed by atoms with E-state index in [1.165, 1.54) is 23.4 Å². The zero-order chi connectivity index (χ0) is 22.0. The van der Waals surface area contributed by atoms with Crippen LogP contribution in [0.15, 0.2) is 39.7 Å². The summed E-state index contributed by atoms with van der Waals surface area (Å²) in [4.78, 5) is 44.0. The normalized spacial score (nSPS) is 19.0. The molecule has 0 bridgehead atoms. The van der Waals surface area contributed by atoms with Crippen LogP contribution in [0.25, 0.3) is 0 Å². The molecular weight excluding hydrogens is 424 g/mol. The second kappa shape index (κ2) is 9.14. The number of anilines is 1. The molecule has 0 spiro atoms. The largest absolute Gasteiger partial charge is 0.445 e. The van der Waals surface area contributed by atoms with Gasteiger partial charge in [0.05, 0.1) is 19.8 Å². The van der Waals surface area contributed by atoms with Gasteiger partial charge in [-0.3, -0.25) is 9.59 Å². The number of nitrogens with zero attached hydrogens (tertiary/aromatic N) is 3. The van der Waals surface area contributed by atoms with E-state index in [-0.39, 0.29) is 17.6 Å². The van der Waals surface area contributed by atoms with E-state index in [2.05, 4.69) is 24.2 Å². The first-order valence-electron chi connectivity index (χ1n) is 9.56. The van der Waals surface area contributed by atoms with Crippen molar-refractivity contribution in [2.75, 3.05) is 25.2 Å². The number of hydrogen-bond acceptors (Lipinski definition) is 5. The van der Waals surface area contributed by atoms with Crippen LogP contribution in [0.2, 0.25) is 5.02 Å². The summed E-state index contributed by atoms with van der Waals surface area (Å²) in [6.45, 7) is 4.17. The molecule has 1 aromatic rings. The number of urea groups is 1. The van der Waals surface area contributed by atoms with Gasteiger partial charge in [-0.25, -0.2) is 4.79 Å². The predicted octanol–water partition coefficient (Wildman–Crippen LogP) is 3.65. The Balaban J connectivity index is 1.85. The highest BCUT2D eigenvalue weighted by Gasteiger charge is 2.48. The summed E-state index contributed by atoms with van der Waals surface area (Å²) in [5.41, 5.74) is 1.57. The minimum Gasteiger partial charge on any atom is -0.325 e. The lowest BCUT2D eigenvalue weighted by Gasteiger charge is -2.28. The number of dihydropyridines is 1. The van der Waals surface area contributed by atoms with E-state index >= 15 is 0 Å². The molecule has 1 atom stereocenters. The zero-order valence-corrected chi connectivity index (χ0v) is 18.9. The predicted molar refractivity (Wildman–Crippen MR) is 120 cm³/mol. The van der Waals surface area contributed by atoms with E-state index in [1.807, 2.05) is 0 Å². The molecule has 0 radical (unpaired) electrons. The number of fused-ring (bicyclic) bond motifs is 1. The topological polar surface area (TPSA) is 81.9 Å². The Morgan fingerprint density at radius 1 is 1.30 bits per heavy atom. The van der Waals surface area contributed by atoms with Gasteiger partial charge in [0.1, 0.15) is 6.21 Å². The number of aliphatic imine (C=N–C) groups is 1. The van der Waals surface area contributed by atoms with Gasteiger partial charge in [-0.2, -0.15) is 9.48 Å². The summed E-state index contributed by atoms with van der Waals surface area (Å²) in [5.74, 6) is -0.315. The molecule has 30 heavy (non-hydrogen) atoms. The SMILES string of the molecule is CC(C)CC1=C(SCC(=O)Nc2ccc(Cl)cc2)C2C(=O)N(C)C(=O)[N+](C)=C2N=C1. The van der Waals surface area contributed by atoms with Crippen molar-refractivity contribution in [2.45, 2.75) is 20.3 Å². The summed E-state index contributed by atoms with van der Waals surface area (Å²) in [7, 11) is 3.07. The van der Waals surface area contributed by atoms with Crippen LogP contribution in [-0.4, -0.2) is 59.2 Å². The van der Waals surface area contributed by atoms with Gasteiger partial charge in [0.2, 0.25) is 5.91 Å². The highest BCUT2D eigenvalue weighted by molar-refractivity contribution is 8.03. The van der Waals surface area contributed by atoms with Crippen LogP contribution in [0.4, 0.5) is 10.5 Å². The lowest BCUT2D eigenvalue weighted by molar-refractivity contribution is -0.407. The van der Waals surface area contributed by atoms with Gasteiger partial charge in [-0.15, -0.1) is 16.8 Å². The molecule has 0 aromatic heterocycles. The summed E-state index contributed by atoms with van der Waals surface area (Å²) in [6, 6.07) is 6.45. The molecule has 3 rings (SSSR count). The van der Waals surface area contributed by atoms with E-state index in [1.54, 1.807) is 37.5 Å². The summed E-state index contributed by atoms with van der Waals surface area (Å²) in [5, 5.41) is 3.42. The molecule has 2 aliphatic rings. The van der Waals surface area contributed by atoms with Gasteiger partial charge in [-0.05, 0) is 42.2 Å². The van der Waals surface area contributed by atoms with Crippen molar-refractivity contribution in [3.05, 3.63) is 39.8 Å². The molecule has 1 N–H and O–H groups in total. The van der Waals surface area contributed by atoms with Crippen molar-refractivity contribution < 1.29 is 19.0 Å². The number of carbonyl (C=O) groups excluding carboxylic acids is 3. The van der Waals surface area contributed by atoms with Crippen LogP contribution in [0, 0.1) is 11.8 Å². The van der Waals surface area contributed by atoms with Crippen molar-refractivity contribution in [3.63, 3.8) is 0 Å². The molecular formula is C21H24ClN4O3S+. The van der Waals surface area contributed by atoms with Crippen molar-refractivity contribution >= 4 is 58.9 Å². The molecule has 2 aliphatic heterocycles. The Morgan fingerprint density at radius 3 is 2.60 bits per heavy atom. The van der Waals surface area contributed by atoms with Gasteiger partial charge in [-0.1, -0.05) is 25.4 Å². The van der Waals surface area contributed by atoms with Gasteiger partial charge in [0, 0.05) is 15.6 Å². The fourth-order valence-electron chi connectivity index (χ4n) is 3.34. The lowest BCUT2D eigenvalue weighted by atomic mass is 9.94. The lowest BCUT2D eigenvalue weighted by Crippen LogP contribution is -2.52. The number of nitrogens with one attached hydrogen (secondary N) is 1. The maximum absolute atomic E-state index is 12.9. The molecule has 7 nitrogen and oxygen atoms in total. The number of carbonyl (C=O) groups is 3. The highest BCUT2D eigenvalue weighted by Crippen LogP contribution is 2.36. The molecule has 1 unspecified atom stereocenters. The van der Waals surface area contributed by atoms with Gasteiger partial charge < -0.3 is 5.32 Å². The van der Waals surface area contributed by atoms with Crippen molar-refractivity contribution in [1.82, 2.24) is 4.90 Å². The number of halogens is 1. The minimum absolute atomic E-state index is 0.131. The fraction of sp³-hybridized carbons (Fsp3) is 0.381. The zero-order valence-electron chi connectivity index (χ0n) is 17.3. The molecule has 0 fully saturated rings. The van der Waals surface area contributed by atoms with Crippen LogP contribution in [0.1, 0.15) is 20.3 Å². The molecule has 0 saturated carbocycles. The average molecular weight is 448 g/mol. The first-order valence-corrected chi connectivity index (χ1v) is 10.9. The Morgan fingerprint density at radius 2 is 1.97 bits per heavy atom. The maximum atomic E-state index is 12.9. The average Bonchev–Trinajstić information content (AvgIpc) is 2.70. The Kier molecular flexibility index (Phi) is 6.77. The number of thioether (sulfide) groups is 1. The summed E-state index contributed by atoms with van der Waals surface area (Å²) < 4.78 is 1.39. The van der Waals surface area contributed by atoms with Crippen LogP contribution >= 0.6 is 23.4 Å². The number of amidine groups is 1. The molecule has 2 heterocycles. The van der Waals surface area contributed by atoms with Crippen LogP contribution in [-0.2, 0) is 9.59 Å². The van der Waals surface area contributed by atoms with Crippen molar-refractivity contribution in [1.29, 1.82) is 0 Å². The van der Waals surface area contributed by atoms with Gasteiger partial charge in [0.25, 0.3) is 5.84 Å². The second-order valence-corrected chi connectivity index (χ2v) is 9.07. The van der Waals surface area contributed by atoms with E-state index in [4.69, 9.17) is 11.6 Å². The van der Waals surface area contributed by atoms with E-state index in [9.17, 15) is 14.4 Å². The monoisotopic (exact) mass is 447 g/mol. The Bertz CT molecular complexity index is 982. The molecule has 0 saturated heterocycles. The van der Waals surface area contributed by atoms with E-state index in [0.717, 1.165) is 21.8 Å². The number of amides is 4. The fourth-order valence-corrected chi connectivity index (χ4v) is 4.52. The maximum Gasteiger partial charge on any atom is 0.445 e. The Hall–Kier alpha value is -2.45. The van der Waals surface area contributed by atoms with E-state index in [0.29, 0.717) is 22.5 Å². The van der Waals surface area contributed by atoms with Crippen LogP contribution in [0.3, 0.4) is 0 Å². The summed E-state index contributed by atoms with van der Waals surface area (Å²) in [6.07, 6.45) is 2.44. The van der Waals surface area contributed by atoms with Gasteiger partial charge in [0.15, 0.2) is 5.92 Å². The molecule has 158 valence electrons. The van der Waals surface area contributed by atoms with E-state index < -0.39 is 11.9 Å². The second-order valence-electron chi connectivity index (χ2n) is 7.62. The molecule has 1 aromatic carbocycles. The molecule has 9 heteroatoms. The third-order valence-corrected chi connectivity index (χ3v) is 6.27. The number of rotatable bonds is 6. The van der Waals surface area contributed by atoms with Crippen LogP contribution in [0.5, 0.6) is 0 Å². The number of imide groups is 1. The van der Waals surface area contributed by atoms with Crippen LogP contribution < -0.4 is 5.32 Å². The van der Waals surface area contributed by atoms with Crippen molar-refractivity contribution in [2.24, 2.45) is 16.8 Å². The third kappa shape index (κ3) is 4.65. The smallest absolute Gasteiger partial charge is 0.325 e. The number of benzene rings is 1.